The van der Waals surface area contributed by atoms with Crippen LogP contribution in [0.3, 0.4) is 0 Å². The molecular formula is C35H35N3O4S. The number of anilines is 2. The van der Waals surface area contributed by atoms with Crippen molar-refractivity contribution in [2.24, 2.45) is 0 Å². The van der Waals surface area contributed by atoms with Gasteiger partial charge in [-0.25, -0.2) is 0 Å². The Morgan fingerprint density at radius 3 is 2.56 bits per heavy atom. The van der Waals surface area contributed by atoms with Crippen molar-refractivity contribution in [3.8, 4) is 11.1 Å². The van der Waals surface area contributed by atoms with Crippen LogP contribution >= 0.6 is 11.3 Å². The molecule has 0 spiro atoms. The first-order valence-electron chi connectivity index (χ1n) is 15.1. The number of hydrogen-bond donors (Lipinski definition) is 1. The molecule has 1 atom stereocenters. The smallest absolute Gasteiger partial charge is 0.238 e. The van der Waals surface area contributed by atoms with Crippen LogP contribution in [0, 0.1) is 0 Å². The average molecular weight is 594 g/mol. The Morgan fingerprint density at radius 2 is 1.74 bits per heavy atom. The van der Waals surface area contributed by atoms with Gasteiger partial charge >= 0.3 is 0 Å². The van der Waals surface area contributed by atoms with Crippen molar-refractivity contribution in [1.82, 2.24) is 4.90 Å². The van der Waals surface area contributed by atoms with E-state index in [1.165, 1.54) is 0 Å². The van der Waals surface area contributed by atoms with Gasteiger partial charge in [-0.15, -0.1) is 11.3 Å². The summed E-state index contributed by atoms with van der Waals surface area (Å²) in [5, 5.41) is 5.90. The second-order valence-corrected chi connectivity index (χ2v) is 12.4. The van der Waals surface area contributed by atoms with Gasteiger partial charge in [-0.3, -0.25) is 14.5 Å². The number of amides is 1. The number of nitrogens with zero attached hydrogens (tertiary/aromatic N) is 2. The molecule has 43 heavy (non-hydrogen) atoms. The van der Waals surface area contributed by atoms with E-state index in [9.17, 15) is 9.59 Å². The Morgan fingerprint density at radius 1 is 0.953 bits per heavy atom. The summed E-state index contributed by atoms with van der Waals surface area (Å²) in [7, 11) is 0. The zero-order chi connectivity index (χ0) is 29.3. The molecule has 0 bridgehead atoms. The maximum atomic E-state index is 13.3. The minimum Gasteiger partial charge on any atom is -0.440 e. The second kappa shape index (κ2) is 12.0. The number of fused-ring (bicyclic) bond motifs is 4. The molecule has 8 heteroatoms. The molecular weight excluding hydrogens is 558 g/mol. The molecule has 7 nitrogen and oxygen atoms in total. The summed E-state index contributed by atoms with van der Waals surface area (Å²) in [5.41, 5.74) is 3.32. The number of ether oxygens (including phenoxy) is 1. The van der Waals surface area contributed by atoms with E-state index >= 15 is 0 Å². The van der Waals surface area contributed by atoms with Crippen LogP contribution in [-0.2, 0) is 9.53 Å². The zero-order valence-electron chi connectivity index (χ0n) is 24.3. The molecule has 0 aliphatic carbocycles. The topological polar surface area (TPSA) is 75.0 Å². The number of hydrogen-bond acceptors (Lipinski definition) is 7. The first-order chi connectivity index (χ1) is 21.1. The Hall–Kier alpha value is -3.98. The maximum Gasteiger partial charge on any atom is 0.238 e. The van der Waals surface area contributed by atoms with Gasteiger partial charge in [0.25, 0.3) is 0 Å². The molecule has 1 fully saturated rings. The molecule has 4 heterocycles. The maximum absolute atomic E-state index is 13.3. The van der Waals surface area contributed by atoms with Crippen LogP contribution in [-0.4, -0.2) is 56.2 Å². The van der Waals surface area contributed by atoms with Crippen LogP contribution in [0.1, 0.15) is 26.2 Å². The van der Waals surface area contributed by atoms with Gasteiger partial charge in [0.05, 0.1) is 24.6 Å². The Balaban J connectivity index is 1.23. The number of para-hydroxylation sites is 1. The van der Waals surface area contributed by atoms with Gasteiger partial charge in [0.15, 0.2) is 11.3 Å². The molecule has 1 amide bonds. The fourth-order valence-electron chi connectivity index (χ4n) is 6.22. The average Bonchev–Trinajstić information content (AvgIpc) is 3.18. The van der Waals surface area contributed by atoms with Crippen LogP contribution in [0.15, 0.2) is 82.0 Å². The third-order valence-electron chi connectivity index (χ3n) is 8.47. The molecule has 2 aliphatic rings. The van der Waals surface area contributed by atoms with Crippen molar-refractivity contribution in [1.29, 1.82) is 0 Å². The Labute approximate surface area is 254 Å². The van der Waals surface area contributed by atoms with E-state index in [0.717, 1.165) is 82.4 Å². The lowest BCUT2D eigenvalue weighted by molar-refractivity contribution is -0.119. The molecule has 7 rings (SSSR count). The van der Waals surface area contributed by atoms with Crippen LogP contribution in [0.25, 0.3) is 42.3 Å². The van der Waals surface area contributed by atoms with Gasteiger partial charge in [-0.1, -0.05) is 49.4 Å². The van der Waals surface area contributed by atoms with E-state index < -0.39 is 0 Å². The summed E-state index contributed by atoms with van der Waals surface area (Å²) in [4.78, 5) is 30.5. The summed E-state index contributed by atoms with van der Waals surface area (Å²) in [6, 6.07) is 19.9. The van der Waals surface area contributed by atoms with Crippen LogP contribution < -0.4 is 15.6 Å². The lowest BCUT2D eigenvalue weighted by atomic mass is 10.0. The van der Waals surface area contributed by atoms with E-state index in [4.69, 9.17) is 9.15 Å². The predicted molar refractivity (Wildman–Crippen MR) is 176 cm³/mol. The molecule has 2 aliphatic heterocycles. The summed E-state index contributed by atoms with van der Waals surface area (Å²) in [6.45, 7) is 6.33. The highest BCUT2D eigenvalue weighted by atomic mass is 32.1. The first kappa shape index (κ1) is 27.8. The van der Waals surface area contributed by atoms with Crippen molar-refractivity contribution in [2.45, 2.75) is 32.3 Å². The molecule has 220 valence electrons. The number of carbonyl (C=O) groups excluding carboxylic acids is 1. The number of morpholine rings is 1. The molecule has 2 aromatic heterocycles. The summed E-state index contributed by atoms with van der Waals surface area (Å²) in [6.07, 6.45) is 7.38. The Kier molecular flexibility index (Phi) is 7.74. The monoisotopic (exact) mass is 593 g/mol. The lowest BCUT2D eigenvalue weighted by Gasteiger charge is -2.31. The van der Waals surface area contributed by atoms with Gasteiger partial charge in [0.2, 0.25) is 5.91 Å². The van der Waals surface area contributed by atoms with E-state index in [2.05, 4.69) is 64.5 Å². The van der Waals surface area contributed by atoms with Crippen molar-refractivity contribution >= 4 is 60.0 Å². The lowest BCUT2D eigenvalue weighted by Crippen LogP contribution is -2.45. The summed E-state index contributed by atoms with van der Waals surface area (Å²) < 4.78 is 14.5. The minimum absolute atomic E-state index is 0.0156. The number of carbonyl (C=O) groups is 1. The fourth-order valence-corrected chi connectivity index (χ4v) is 7.44. The third kappa shape index (κ3) is 5.58. The summed E-state index contributed by atoms with van der Waals surface area (Å²) >= 11 is 1.72. The highest BCUT2D eigenvalue weighted by Gasteiger charge is 2.22. The van der Waals surface area contributed by atoms with Crippen LogP contribution in [0.4, 0.5) is 11.6 Å². The largest absolute Gasteiger partial charge is 0.440 e. The van der Waals surface area contributed by atoms with Gasteiger partial charge in [0, 0.05) is 69.2 Å². The van der Waals surface area contributed by atoms with E-state index in [1.54, 1.807) is 17.4 Å². The Bertz CT molecular complexity index is 1900. The molecule has 1 saturated heterocycles. The van der Waals surface area contributed by atoms with Gasteiger partial charge in [-0.05, 0) is 43.5 Å². The molecule has 0 saturated carbocycles. The molecule has 5 aromatic rings. The van der Waals surface area contributed by atoms with Crippen molar-refractivity contribution < 1.29 is 13.9 Å². The highest BCUT2D eigenvalue weighted by molar-refractivity contribution is 7.26. The van der Waals surface area contributed by atoms with Crippen molar-refractivity contribution in [3.05, 3.63) is 83.0 Å². The van der Waals surface area contributed by atoms with Gasteiger partial charge < -0.3 is 19.4 Å². The predicted octanol–water partition coefficient (Wildman–Crippen LogP) is 7.03. The van der Waals surface area contributed by atoms with Gasteiger partial charge in [-0.2, -0.15) is 0 Å². The number of thiophene rings is 1. The normalized spacial score (nSPS) is 18.0. The summed E-state index contributed by atoms with van der Waals surface area (Å²) in [5.74, 6) is 0.609. The minimum atomic E-state index is -0.0264. The van der Waals surface area contributed by atoms with E-state index in [0.29, 0.717) is 30.0 Å². The molecule has 1 N–H and O–H groups in total. The zero-order valence-corrected chi connectivity index (χ0v) is 25.1. The number of nitrogens with one attached hydrogen (secondary N) is 1. The van der Waals surface area contributed by atoms with Crippen molar-refractivity contribution in [2.75, 3.05) is 49.5 Å². The molecule has 0 radical (unpaired) electrons. The highest BCUT2D eigenvalue weighted by Crippen LogP contribution is 2.42. The standard InChI is InChI=1S/C35H35N3O4S/c1-2-24-21-37(17-18-41-24)22-32(40)36-23-13-14-31-29(19-23)27-11-8-10-26(35(27)43-31)25-9-7-12-28-30(39)20-33(42-34(25)28)38-15-5-3-4-6-16-38/h3-4,7-14,19-20,24H,2,5-6,15-18,21-22H2,1H3,(H,36,40). The SMILES string of the molecule is CCC1CN(CC(=O)Nc2ccc3sc4c(-c5cccc6c(=O)cc(N7CCC=CCC7)oc56)cccc4c3c2)CCO1. The molecule has 1 unspecified atom stereocenters. The second-order valence-electron chi connectivity index (χ2n) is 11.3. The van der Waals surface area contributed by atoms with Crippen molar-refractivity contribution in [3.63, 3.8) is 0 Å². The van der Waals surface area contributed by atoms with E-state index in [1.807, 2.05) is 24.3 Å². The fraction of sp³-hybridized carbons (Fsp3) is 0.314. The van der Waals surface area contributed by atoms with E-state index in [-0.39, 0.29) is 17.4 Å². The van der Waals surface area contributed by atoms with Crippen LogP contribution in [0.2, 0.25) is 0 Å². The quantitative estimate of drug-likeness (QED) is 0.213. The molecule has 3 aromatic carbocycles. The first-order valence-corrected chi connectivity index (χ1v) is 16.0. The third-order valence-corrected chi connectivity index (χ3v) is 9.69. The number of rotatable bonds is 6. The van der Waals surface area contributed by atoms with Gasteiger partial charge in [0.1, 0.15) is 5.58 Å². The van der Waals surface area contributed by atoms with Crippen LogP contribution in [0.5, 0.6) is 0 Å². The number of benzene rings is 3.